The molecule has 2 aromatic carbocycles. The van der Waals surface area contributed by atoms with Crippen molar-refractivity contribution in [1.82, 2.24) is 0 Å². The highest BCUT2D eigenvalue weighted by atomic mass is 79.9. The molecule has 0 atom stereocenters. The van der Waals surface area contributed by atoms with Gasteiger partial charge in [-0.15, -0.1) is 0 Å². The number of non-ortho nitro benzene ring substituents is 1. The van der Waals surface area contributed by atoms with Crippen molar-refractivity contribution in [3.8, 4) is 11.5 Å². The van der Waals surface area contributed by atoms with Gasteiger partial charge in [0.15, 0.2) is 0 Å². The number of aryl methyl sites for hydroxylation is 1. The zero-order valence-electron chi connectivity index (χ0n) is 10.5. The number of carbonyl (C=O) groups is 1. The summed E-state index contributed by atoms with van der Waals surface area (Å²) < 4.78 is 6.26. The molecule has 0 radical (unpaired) electrons. The molecule has 20 heavy (non-hydrogen) atoms. The second-order valence-electron chi connectivity index (χ2n) is 4.12. The summed E-state index contributed by atoms with van der Waals surface area (Å²) in [6, 6.07) is 9.28. The number of nitro groups is 1. The van der Waals surface area contributed by atoms with E-state index in [1.54, 1.807) is 24.3 Å². The molecule has 0 unspecified atom stereocenters. The largest absolute Gasteiger partial charge is 0.456 e. The average Bonchev–Trinajstić information content (AvgIpc) is 2.43. The van der Waals surface area contributed by atoms with Crippen LogP contribution in [0.4, 0.5) is 5.69 Å². The summed E-state index contributed by atoms with van der Waals surface area (Å²) >= 11 is 3.28. The monoisotopic (exact) mass is 335 g/mol. The number of nitrogens with zero attached hydrogens (tertiary/aromatic N) is 1. The molecule has 102 valence electrons. The lowest BCUT2D eigenvalue weighted by Crippen LogP contribution is -1.93. The minimum absolute atomic E-state index is 0.0626. The predicted octanol–water partition coefficient (Wildman–Crippen LogP) is 4.27. The molecule has 2 aromatic rings. The van der Waals surface area contributed by atoms with E-state index in [0.29, 0.717) is 21.5 Å². The third-order valence-corrected chi connectivity index (χ3v) is 3.35. The number of halogens is 1. The van der Waals surface area contributed by atoms with E-state index in [4.69, 9.17) is 4.74 Å². The third kappa shape index (κ3) is 3.03. The Morgan fingerprint density at radius 1 is 1.20 bits per heavy atom. The van der Waals surface area contributed by atoms with Gasteiger partial charge in [0, 0.05) is 11.6 Å². The molecule has 0 aliphatic heterocycles. The fourth-order valence-corrected chi connectivity index (χ4v) is 1.93. The number of nitro benzene ring substituents is 1. The lowest BCUT2D eigenvalue weighted by atomic mass is 10.1. The van der Waals surface area contributed by atoms with Crippen molar-refractivity contribution in [2.45, 2.75) is 6.92 Å². The molecule has 0 aliphatic rings. The molecular weight excluding hydrogens is 326 g/mol. The Balaban J connectivity index is 2.41. The maximum Gasteiger partial charge on any atom is 0.273 e. The molecule has 0 saturated carbocycles. The van der Waals surface area contributed by atoms with Crippen LogP contribution in [0.1, 0.15) is 15.9 Å². The van der Waals surface area contributed by atoms with Crippen molar-refractivity contribution in [3.05, 3.63) is 62.1 Å². The molecule has 5 nitrogen and oxygen atoms in total. The fraction of sp³-hybridized carbons (Fsp3) is 0.0714. The Kier molecular flexibility index (Phi) is 4.14. The number of aldehydes is 1. The highest BCUT2D eigenvalue weighted by Gasteiger charge is 2.12. The topological polar surface area (TPSA) is 69.4 Å². The van der Waals surface area contributed by atoms with Crippen LogP contribution in [0.5, 0.6) is 11.5 Å². The van der Waals surface area contributed by atoms with Crippen molar-refractivity contribution in [1.29, 1.82) is 0 Å². The summed E-state index contributed by atoms with van der Waals surface area (Å²) in [5.74, 6) is 0.807. The number of hydrogen-bond acceptors (Lipinski definition) is 4. The van der Waals surface area contributed by atoms with Gasteiger partial charge in [-0.2, -0.15) is 0 Å². The summed E-state index contributed by atoms with van der Waals surface area (Å²) in [7, 11) is 0. The van der Waals surface area contributed by atoms with E-state index in [-0.39, 0.29) is 5.69 Å². The molecule has 2 rings (SSSR count). The van der Waals surface area contributed by atoms with E-state index < -0.39 is 4.92 Å². The van der Waals surface area contributed by atoms with Crippen LogP contribution in [-0.2, 0) is 0 Å². The second-order valence-corrected chi connectivity index (χ2v) is 4.97. The Labute approximate surface area is 123 Å². The Morgan fingerprint density at radius 3 is 2.60 bits per heavy atom. The van der Waals surface area contributed by atoms with Gasteiger partial charge < -0.3 is 4.74 Å². The standard InChI is InChI=1S/C14H10BrNO4/c1-9-2-3-10(8-17)6-13(9)20-14-7-11(16(18)19)4-5-12(14)15/h2-8H,1H3. The summed E-state index contributed by atoms with van der Waals surface area (Å²) in [5.41, 5.74) is 1.24. The highest BCUT2D eigenvalue weighted by Crippen LogP contribution is 2.34. The second kappa shape index (κ2) is 5.83. The van der Waals surface area contributed by atoms with E-state index in [9.17, 15) is 14.9 Å². The van der Waals surface area contributed by atoms with Gasteiger partial charge >= 0.3 is 0 Å². The van der Waals surface area contributed by atoms with Crippen LogP contribution in [0.25, 0.3) is 0 Å². The van der Waals surface area contributed by atoms with Crippen LogP contribution in [-0.4, -0.2) is 11.2 Å². The molecular formula is C14H10BrNO4. The molecule has 0 amide bonds. The fourth-order valence-electron chi connectivity index (χ4n) is 1.60. The zero-order valence-corrected chi connectivity index (χ0v) is 12.1. The molecule has 0 fully saturated rings. The molecule has 0 saturated heterocycles. The maximum atomic E-state index is 10.8. The molecule has 0 N–H and O–H groups in total. The van der Waals surface area contributed by atoms with Gasteiger partial charge in [0.25, 0.3) is 5.69 Å². The Morgan fingerprint density at radius 2 is 1.95 bits per heavy atom. The lowest BCUT2D eigenvalue weighted by molar-refractivity contribution is -0.384. The summed E-state index contributed by atoms with van der Waals surface area (Å²) in [5, 5.41) is 10.8. The Bertz CT molecular complexity index is 685. The molecule has 0 spiro atoms. The quantitative estimate of drug-likeness (QED) is 0.475. The van der Waals surface area contributed by atoms with Crippen LogP contribution >= 0.6 is 15.9 Å². The summed E-state index contributed by atoms with van der Waals surface area (Å²) in [6.07, 6.45) is 0.717. The zero-order chi connectivity index (χ0) is 14.7. The van der Waals surface area contributed by atoms with Crippen LogP contribution in [0.2, 0.25) is 0 Å². The van der Waals surface area contributed by atoms with E-state index in [1.807, 2.05) is 6.92 Å². The van der Waals surface area contributed by atoms with Crippen LogP contribution in [0.15, 0.2) is 40.9 Å². The Hall–Kier alpha value is -2.21. The first-order valence-corrected chi connectivity index (χ1v) is 6.48. The van der Waals surface area contributed by atoms with Crippen molar-refractivity contribution in [2.24, 2.45) is 0 Å². The first kappa shape index (κ1) is 14.2. The number of benzene rings is 2. The van der Waals surface area contributed by atoms with Crippen LogP contribution in [0.3, 0.4) is 0 Å². The molecule has 6 heteroatoms. The van der Waals surface area contributed by atoms with Gasteiger partial charge in [-0.25, -0.2) is 0 Å². The third-order valence-electron chi connectivity index (χ3n) is 2.69. The molecule has 0 bridgehead atoms. The van der Waals surface area contributed by atoms with E-state index in [2.05, 4.69) is 15.9 Å². The minimum atomic E-state index is -0.492. The number of hydrogen-bond donors (Lipinski definition) is 0. The maximum absolute atomic E-state index is 10.8. The van der Waals surface area contributed by atoms with Crippen molar-refractivity contribution in [2.75, 3.05) is 0 Å². The summed E-state index contributed by atoms with van der Waals surface area (Å²) in [6.45, 7) is 1.83. The van der Waals surface area contributed by atoms with Crippen molar-refractivity contribution >= 4 is 27.9 Å². The van der Waals surface area contributed by atoms with Gasteiger partial charge in [-0.05, 0) is 40.5 Å². The number of ether oxygens (including phenoxy) is 1. The van der Waals surface area contributed by atoms with Gasteiger partial charge in [0.2, 0.25) is 0 Å². The summed E-state index contributed by atoms with van der Waals surface area (Å²) in [4.78, 5) is 21.1. The number of rotatable bonds is 4. The first-order chi connectivity index (χ1) is 9.51. The average molecular weight is 336 g/mol. The van der Waals surface area contributed by atoms with E-state index in [1.165, 1.54) is 12.1 Å². The van der Waals surface area contributed by atoms with Gasteiger partial charge in [-0.1, -0.05) is 12.1 Å². The normalized spacial score (nSPS) is 10.1. The van der Waals surface area contributed by atoms with E-state index in [0.717, 1.165) is 11.8 Å². The van der Waals surface area contributed by atoms with Crippen LogP contribution in [0, 0.1) is 17.0 Å². The van der Waals surface area contributed by atoms with Gasteiger partial charge in [0.05, 0.1) is 15.5 Å². The molecule has 0 aromatic heterocycles. The van der Waals surface area contributed by atoms with Crippen LogP contribution < -0.4 is 4.74 Å². The lowest BCUT2D eigenvalue weighted by Gasteiger charge is -2.10. The van der Waals surface area contributed by atoms with Crippen molar-refractivity contribution < 1.29 is 14.5 Å². The smallest absolute Gasteiger partial charge is 0.273 e. The first-order valence-electron chi connectivity index (χ1n) is 5.69. The van der Waals surface area contributed by atoms with Gasteiger partial charge in [-0.3, -0.25) is 14.9 Å². The highest BCUT2D eigenvalue weighted by molar-refractivity contribution is 9.10. The predicted molar refractivity (Wildman–Crippen MR) is 77.4 cm³/mol. The number of carbonyl (C=O) groups excluding carboxylic acids is 1. The minimum Gasteiger partial charge on any atom is -0.456 e. The van der Waals surface area contributed by atoms with Gasteiger partial charge in [0.1, 0.15) is 17.8 Å². The molecule has 0 heterocycles. The van der Waals surface area contributed by atoms with Crippen molar-refractivity contribution in [3.63, 3.8) is 0 Å². The molecule has 0 aliphatic carbocycles. The SMILES string of the molecule is Cc1ccc(C=O)cc1Oc1cc([N+](=O)[O-])ccc1Br. The van der Waals surface area contributed by atoms with E-state index >= 15 is 0 Å².